The van der Waals surface area contributed by atoms with Crippen molar-refractivity contribution in [3.8, 4) is 5.75 Å². The van der Waals surface area contributed by atoms with Crippen molar-refractivity contribution in [2.75, 3.05) is 0 Å². The average Bonchev–Trinajstić information content (AvgIpc) is 2.37. The van der Waals surface area contributed by atoms with Gasteiger partial charge in [0.25, 0.3) is 0 Å². The normalized spacial score (nSPS) is 12.2. The van der Waals surface area contributed by atoms with Crippen molar-refractivity contribution in [2.24, 2.45) is 5.73 Å². The summed E-state index contributed by atoms with van der Waals surface area (Å²) in [5.41, 5.74) is 7.74. The molecule has 0 aromatic heterocycles. The number of hydrogen-bond donors (Lipinski definition) is 1. The summed E-state index contributed by atoms with van der Waals surface area (Å²) in [6.07, 6.45) is 0. The molecule has 2 aromatic carbocycles. The molecule has 0 amide bonds. The SMILES string of the molecule is C[C@H](N)c1ccc(Br)cc1OCc1ccc(F)cc1Br. The lowest BCUT2D eigenvalue weighted by molar-refractivity contribution is 0.300. The number of halogens is 3. The van der Waals surface area contributed by atoms with Crippen LogP contribution in [0, 0.1) is 5.82 Å². The molecule has 0 heterocycles. The Bertz CT molecular complexity index is 617. The largest absolute Gasteiger partial charge is 0.488 e. The molecule has 2 N–H and O–H groups in total. The Morgan fingerprint density at radius 2 is 1.95 bits per heavy atom. The Hall–Kier alpha value is -0.910. The Morgan fingerprint density at radius 3 is 2.60 bits per heavy atom. The lowest BCUT2D eigenvalue weighted by Crippen LogP contribution is -2.08. The highest BCUT2D eigenvalue weighted by molar-refractivity contribution is 9.10. The molecule has 0 radical (unpaired) electrons. The van der Waals surface area contributed by atoms with Crippen LogP contribution in [0.2, 0.25) is 0 Å². The van der Waals surface area contributed by atoms with E-state index >= 15 is 0 Å². The fraction of sp³-hybridized carbons (Fsp3) is 0.200. The first-order chi connectivity index (χ1) is 9.47. The second kappa shape index (κ2) is 6.70. The van der Waals surface area contributed by atoms with E-state index in [4.69, 9.17) is 10.5 Å². The molecule has 5 heteroatoms. The zero-order valence-corrected chi connectivity index (χ0v) is 14.0. The standard InChI is InChI=1S/C15H14Br2FNO/c1-9(19)13-5-3-11(16)6-15(13)20-8-10-2-4-12(18)7-14(10)17/h2-7,9H,8,19H2,1H3/t9-/m0/s1. The van der Waals surface area contributed by atoms with Gasteiger partial charge >= 0.3 is 0 Å². The van der Waals surface area contributed by atoms with Crippen LogP contribution in [0.3, 0.4) is 0 Å². The fourth-order valence-corrected chi connectivity index (χ4v) is 2.61. The monoisotopic (exact) mass is 401 g/mol. The van der Waals surface area contributed by atoms with Crippen molar-refractivity contribution in [1.29, 1.82) is 0 Å². The Balaban J connectivity index is 2.20. The molecule has 0 unspecified atom stereocenters. The molecule has 2 nitrogen and oxygen atoms in total. The van der Waals surface area contributed by atoms with E-state index in [1.54, 1.807) is 6.07 Å². The molecule has 106 valence electrons. The Labute approximate surface area is 134 Å². The summed E-state index contributed by atoms with van der Waals surface area (Å²) >= 11 is 6.74. The molecule has 2 rings (SSSR count). The highest BCUT2D eigenvalue weighted by Gasteiger charge is 2.10. The van der Waals surface area contributed by atoms with E-state index in [0.29, 0.717) is 11.1 Å². The van der Waals surface area contributed by atoms with Crippen LogP contribution in [0.5, 0.6) is 5.75 Å². The van der Waals surface area contributed by atoms with Gasteiger partial charge in [-0.15, -0.1) is 0 Å². The van der Waals surface area contributed by atoms with E-state index in [-0.39, 0.29) is 11.9 Å². The molecule has 0 aliphatic rings. The quantitative estimate of drug-likeness (QED) is 0.785. The van der Waals surface area contributed by atoms with Gasteiger partial charge in [0.2, 0.25) is 0 Å². The maximum Gasteiger partial charge on any atom is 0.125 e. The van der Waals surface area contributed by atoms with Crippen molar-refractivity contribution in [3.05, 3.63) is 62.3 Å². The van der Waals surface area contributed by atoms with Gasteiger partial charge in [-0.2, -0.15) is 0 Å². The van der Waals surface area contributed by atoms with Crippen molar-refractivity contribution in [3.63, 3.8) is 0 Å². The van der Waals surface area contributed by atoms with Crippen LogP contribution in [-0.4, -0.2) is 0 Å². The molecule has 0 fully saturated rings. The topological polar surface area (TPSA) is 35.2 Å². The third-order valence-electron chi connectivity index (χ3n) is 2.86. The molecule has 0 aliphatic heterocycles. The van der Waals surface area contributed by atoms with E-state index in [1.807, 2.05) is 25.1 Å². The molecular formula is C15H14Br2FNO. The molecule has 20 heavy (non-hydrogen) atoms. The minimum absolute atomic E-state index is 0.116. The number of nitrogens with two attached hydrogens (primary N) is 1. The summed E-state index contributed by atoms with van der Waals surface area (Å²) in [6, 6.07) is 10.2. The van der Waals surface area contributed by atoms with Gasteiger partial charge in [-0.3, -0.25) is 0 Å². The van der Waals surface area contributed by atoms with Gasteiger partial charge < -0.3 is 10.5 Å². The van der Waals surface area contributed by atoms with Crippen LogP contribution >= 0.6 is 31.9 Å². The summed E-state index contributed by atoms with van der Waals surface area (Å²) in [7, 11) is 0. The first kappa shape index (κ1) is 15.5. The number of ether oxygens (including phenoxy) is 1. The average molecular weight is 403 g/mol. The van der Waals surface area contributed by atoms with E-state index in [0.717, 1.165) is 21.3 Å². The van der Waals surface area contributed by atoms with Gasteiger partial charge in [-0.05, 0) is 31.2 Å². The Kier molecular flexibility index (Phi) is 5.18. The van der Waals surface area contributed by atoms with E-state index in [9.17, 15) is 4.39 Å². The van der Waals surface area contributed by atoms with Crippen molar-refractivity contribution in [2.45, 2.75) is 19.6 Å². The van der Waals surface area contributed by atoms with Crippen LogP contribution in [0.1, 0.15) is 24.1 Å². The summed E-state index contributed by atoms with van der Waals surface area (Å²) in [5, 5.41) is 0. The predicted octanol–water partition coefficient (Wildman–Crippen LogP) is 4.95. The maximum absolute atomic E-state index is 13.0. The molecular weight excluding hydrogens is 389 g/mol. The molecule has 0 saturated carbocycles. The van der Waals surface area contributed by atoms with E-state index in [1.165, 1.54) is 12.1 Å². The highest BCUT2D eigenvalue weighted by Crippen LogP contribution is 2.29. The third kappa shape index (κ3) is 3.81. The lowest BCUT2D eigenvalue weighted by atomic mass is 10.1. The first-order valence-electron chi connectivity index (χ1n) is 6.09. The van der Waals surface area contributed by atoms with Gasteiger partial charge in [-0.1, -0.05) is 44.0 Å². The minimum atomic E-state index is -0.278. The molecule has 0 saturated heterocycles. The van der Waals surface area contributed by atoms with Gasteiger partial charge in [0.1, 0.15) is 18.2 Å². The molecule has 2 aromatic rings. The van der Waals surface area contributed by atoms with Crippen LogP contribution in [0.15, 0.2) is 45.3 Å². The number of benzene rings is 2. The van der Waals surface area contributed by atoms with Crippen molar-refractivity contribution in [1.82, 2.24) is 0 Å². The van der Waals surface area contributed by atoms with Gasteiger partial charge in [0, 0.05) is 26.1 Å². The van der Waals surface area contributed by atoms with Crippen LogP contribution in [0.25, 0.3) is 0 Å². The summed E-state index contributed by atoms with van der Waals surface area (Å²) < 4.78 is 20.5. The third-order valence-corrected chi connectivity index (χ3v) is 4.10. The molecule has 1 atom stereocenters. The first-order valence-corrected chi connectivity index (χ1v) is 7.67. The minimum Gasteiger partial charge on any atom is -0.488 e. The van der Waals surface area contributed by atoms with E-state index < -0.39 is 0 Å². The summed E-state index contributed by atoms with van der Waals surface area (Å²) in [4.78, 5) is 0. The Morgan fingerprint density at radius 1 is 1.20 bits per heavy atom. The van der Waals surface area contributed by atoms with Gasteiger partial charge in [0.05, 0.1) is 0 Å². The maximum atomic E-state index is 13.0. The van der Waals surface area contributed by atoms with Crippen LogP contribution in [-0.2, 0) is 6.61 Å². The summed E-state index contributed by atoms with van der Waals surface area (Å²) in [6.45, 7) is 2.25. The summed E-state index contributed by atoms with van der Waals surface area (Å²) in [5.74, 6) is 0.449. The number of rotatable bonds is 4. The molecule has 0 aliphatic carbocycles. The van der Waals surface area contributed by atoms with Crippen molar-refractivity contribution < 1.29 is 9.13 Å². The molecule has 0 bridgehead atoms. The fourth-order valence-electron chi connectivity index (χ4n) is 1.80. The second-order valence-corrected chi connectivity index (χ2v) is 6.27. The van der Waals surface area contributed by atoms with E-state index in [2.05, 4.69) is 31.9 Å². The second-order valence-electron chi connectivity index (χ2n) is 4.50. The van der Waals surface area contributed by atoms with Crippen LogP contribution in [0.4, 0.5) is 4.39 Å². The predicted molar refractivity (Wildman–Crippen MR) is 85.2 cm³/mol. The van der Waals surface area contributed by atoms with Gasteiger partial charge in [0.15, 0.2) is 0 Å². The van der Waals surface area contributed by atoms with Crippen molar-refractivity contribution >= 4 is 31.9 Å². The smallest absolute Gasteiger partial charge is 0.125 e. The zero-order valence-electron chi connectivity index (χ0n) is 10.9. The highest BCUT2D eigenvalue weighted by atomic mass is 79.9. The number of hydrogen-bond acceptors (Lipinski definition) is 2. The molecule has 0 spiro atoms. The van der Waals surface area contributed by atoms with Gasteiger partial charge in [-0.25, -0.2) is 4.39 Å². The van der Waals surface area contributed by atoms with Crippen LogP contribution < -0.4 is 10.5 Å². The zero-order chi connectivity index (χ0) is 14.7. The lowest BCUT2D eigenvalue weighted by Gasteiger charge is -2.15.